The van der Waals surface area contributed by atoms with Crippen LogP contribution >= 0.6 is 0 Å². The van der Waals surface area contributed by atoms with E-state index in [1.54, 1.807) is 18.3 Å². The zero-order chi connectivity index (χ0) is 13.0. The molecule has 1 aromatic heterocycles. The second kappa shape index (κ2) is 5.78. The summed E-state index contributed by atoms with van der Waals surface area (Å²) in [6, 6.07) is 6.37. The predicted octanol–water partition coefficient (Wildman–Crippen LogP) is 3.54. The molecule has 18 heavy (non-hydrogen) atoms. The van der Waals surface area contributed by atoms with Crippen LogP contribution in [0.3, 0.4) is 0 Å². The van der Waals surface area contributed by atoms with Crippen LogP contribution in [0.25, 0.3) is 11.3 Å². The van der Waals surface area contributed by atoms with E-state index in [-0.39, 0.29) is 11.9 Å². The van der Waals surface area contributed by atoms with Crippen LogP contribution in [-0.4, -0.2) is 11.5 Å². The number of aromatic nitrogens is 1. The van der Waals surface area contributed by atoms with Crippen molar-refractivity contribution in [2.75, 3.05) is 6.54 Å². The van der Waals surface area contributed by atoms with Gasteiger partial charge in [0, 0.05) is 5.56 Å². The van der Waals surface area contributed by atoms with Crippen molar-refractivity contribution in [3.05, 3.63) is 42.2 Å². The average molecular weight is 248 g/mol. The van der Waals surface area contributed by atoms with E-state index in [9.17, 15) is 4.39 Å². The Labute approximate surface area is 106 Å². The van der Waals surface area contributed by atoms with Crippen LogP contribution < -0.4 is 5.32 Å². The van der Waals surface area contributed by atoms with Crippen LogP contribution in [0.4, 0.5) is 4.39 Å². The number of nitrogens with zero attached hydrogens (tertiary/aromatic N) is 1. The van der Waals surface area contributed by atoms with Crippen molar-refractivity contribution in [3.63, 3.8) is 0 Å². The number of hydrogen-bond donors (Lipinski definition) is 1. The van der Waals surface area contributed by atoms with Gasteiger partial charge in [0.25, 0.3) is 0 Å². The van der Waals surface area contributed by atoms with Gasteiger partial charge in [-0.05, 0) is 32.0 Å². The molecule has 0 fully saturated rings. The van der Waals surface area contributed by atoms with Gasteiger partial charge in [0.2, 0.25) is 5.89 Å². The fourth-order valence-corrected chi connectivity index (χ4v) is 1.71. The molecule has 0 radical (unpaired) electrons. The minimum Gasteiger partial charge on any atom is -0.439 e. The van der Waals surface area contributed by atoms with Crippen molar-refractivity contribution in [3.8, 4) is 11.3 Å². The van der Waals surface area contributed by atoms with Crippen LogP contribution in [0.5, 0.6) is 0 Å². The number of hydrogen-bond acceptors (Lipinski definition) is 3. The maximum absolute atomic E-state index is 13.1. The molecular weight excluding hydrogens is 231 g/mol. The van der Waals surface area contributed by atoms with Gasteiger partial charge in [-0.3, -0.25) is 0 Å². The van der Waals surface area contributed by atoms with Crippen molar-refractivity contribution in [1.29, 1.82) is 0 Å². The lowest BCUT2D eigenvalue weighted by Crippen LogP contribution is -2.19. The molecule has 1 unspecified atom stereocenters. The smallest absolute Gasteiger partial charge is 0.211 e. The number of nitrogens with one attached hydrogen (secondary N) is 1. The van der Waals surface area contributed by atoms with Crippen LogP contribution in [0.1, 0.15) is 32.2 Å². The Morgan fingerprint density at radius 2 is 2.28 bits per heavy atom. The van der Waals surface area contributed by atoms with Gasteiger partial charge in [-0.25, -0.2) is 9.37 Å². The molecule has 0 aliphatic heterocycles. The quantitative estimate of drug-likeness (QED) is 0.879. The Morgan fingerprint density at radius 3 is 3.00 bits per heavy atom. The third-order valence-electron chi connectivity index (χ3n) is 2.70. The molecule has 1 aromatic carbocycles. The van der Waals surface area contributed by atoms with Gasteiger partial charge in [0.05, 0.1) is 12.2 Å². The van der Waals surface area contributed by atoms with Crippen molar-refractivity contribution in [2.24, 2.45) is 0 Å². The zero-order valence-corrected chi connectivity index (χ0v) is 10.6. The summed E-state index contributed by atoms with van der Waals surface area (Å²) in [6.07, 6.45) is 2.69. The highest BCUT2D eigenvalue weighted by Crippen LogP contribution is 2.23. The van der Waals surface area contributed by atoms with E-state index in [1.165, 1.54) is 12.1 Å². The number of halogens is 1. The normalized spacial score (nSPS) is 12.6. The first-order chi connectivity index (χ1) is 8.70. The van der Waals surface area contributed by atoms with Crippen molar-refractivity contribution < 1.29 is 8.81 Å². The standard InChI is InChI=1S/C14H17FN2O/c1-3-7-16-10(2)14-17-9-13(18-14)11-5-4-6-12(15)8-11/h4-6,8-10,16H,3,7H2,1-2H3. The van der Waals surface area contributed by atoms with Gasteiger partial charge >= 0.3 is 0 Å². The van der Waals surface area contributed by atoms with Crippen LogP contribution in [0, 0.1) is 5.82 Å². The van der Waals surface area contributed by atoms with Gasteiger partial charge < -0.3 is 9.73 Å². The number of oxazole rings is 1. The van der Waals surface area contributed by atoms with E-state index < -0.39 is 0 Å². The fraction of sp³-hybridized carbons (Fsp3) is 0.357. The highest BCUT2D eigenvalue weighted by molar-refractivity contribution is 5.56. The fourth-order valence-electron chi connectivity index (χ4n) is 1.71. The maximum Gasteiger partial charge on any atom is 0.211 e. The zero-order valence-electron chi connectivity index (χ0n) is 10.6. The second-order valence-electron chi connectivity index (χ2n) is 4.25. The highest BCUT2D eigenvalue weighted by atomic mass is 19.1. The van der Waals surface area contributed by atoms with Crippen LogP contribution in [-0.2, 0) is 0 Å². The molecular formula is C14H17FN2O. The highest BCUT2D eigenvalue weighted by Gasteiger charge is 2.12. The summed E-state index contributed by atoms with van der Waals surface area (Å²) in [5.74, 6) is 0.944. The molecule has 0 saturated carbocycles. The molecule has 4 heteroatoms. The lowest BCUT2D eigenvalue weighted by molar-refractivity contribution is 0.423. The Morgan fingerprint density at radius 1 is 1.44 bits per heavy atom. The largest absolute Gasteiger partial charge is 0.439 e. The molecule has 0 bridgehead atoms. The Kier molecular flexibility index (Phi) is 4.10. The first kappa shape index (κ1) is 12.8. The summed E-state index contributed by atoms with van der Waals surface area (Å²) < 4.78 is 18.8. The first-order valence-electron chi connectivity index (χ1n) is 6.15. The first-order valence-corrected chi connectivity index (χ1v) is 6.15. The van der Waals surface area contributed by atoms with Crippen molar-refractivity contribution in [2.45, 2.75) is 26.3 Å². The monoisotopic (exact) mass is 248 g/mol. The lowest BCUT2D eigenvalue weighted by Gasteiger charge is -2.08. The molecule has 1 atom stereocenters. The molecule has 0 aliphatic carbocycles. The van der Waals surface area contributed by atoms with Gasteiger partial charge in [-0.2, -0.15) is 0 Å². The lowest BCUT2D eigenvalue weighted by atomic mass is 10.2. The summed E-state index contributed by atoms with van der Waals surface area (Å²) in [6.45, 7) is 5.02. The van der Waals surface area contributed by atoms with Gasteiger partial charge in [0.1, 0.15) is 5.82 Å². The molecule has 1 N–H and O–H groups in total. The summed E-state index contributed by atoms with van der Waals surface area (Å²) in [7, 11) is 0. The molecule has 2 aromatic rings. The van der Waals surface area contributed by atoms with Gasteiger partial charge in [0.15, 0.2) is 5.76 Å². The minimum atomic E-state index is -0.275. The predicted molar refractivity (Wildman–Crippen MR) is 68.6 cm³/mol. The average Bonchev–Trinajstić information content (AvgIpc) is 2.85. The molecule has 0 amide bonds. The molecule has 0 saturated heterocycles. The number of benzene rings is 1. The second-order valence-corrected chi connectivity index (χ2v) is 4.25. The minimum absolute atomic E-state index is 0.0623. The molecule has 0 aliphatic rings. The van der Waals surface area contributed by atoms with Crippen molar-refractivity contribution >= 4 is 0 Å². The molecule has 1 heterocycles. The Bertz CT molecular complexity index is 510. The Hall–Kier alpha value is -1.68. The third kappa shape index (κ3) is 2.96. The SMILES string of the molecule is CCCNC(C)c1ncc(-c2cccc(F)c2)o1. The summed E-state index contributed by atoms with van der Waals surface area (Å²) in [5, 5.41) is 3.29. The molecule has 2 rings (SSSR count). The third-order valence-corrected chi connectivity index (χ3v) is 2.70. The molecule has 0 spiro atoms. The molecule has 96 valence electrons. The van der Waals surface area contributed by atoms with Crippen molar-refractivity contribution in [1.82, 2.24) is 10.3 Å². The summed E-state index contributed by atoms with van der Waals surface area (Å²) in [5.41, 5.74) is 0.705. The maximum atomic E-state index is 13.1. The topological polar surface area (TPSA) is 38.1 Å². The molecule has 3 nitrogen and oxygen atoms in total. The van der Waals surface area contributed by atoms with E-state index in [4.69, 9.17) is 4.42 Å². The van der Waals surface area contributed by atoms with Gasteiger partial charge in [-0.15, -0.1) is 0 Å². The Balaban J connectivity index is 2.15. The van der Waals surface area contributed by atoms with E-state index in [0.717, 1.165) is 13.0 Å². The summed E-state index contributed by atoms with van der Waals surface area (Å²) >= 11 is 0. The van der Waals surface area contributed by atoms with Crippen LogP contribution in [0.15, 0.2) is 34.9 Å². The number of rotatable bonds is 5. The van der Waals surface area contributed by atoms with E-state index in [0.29, 0.717) is 17.2 Å². The van der Waals surface area contributed by atoms with E-state index in [2.05, 4.69) is 17.2 Å². The van der Waals surface area contributed by atoms with E-state index in [1.807, 2.05) is 6.92 Å². The van der Waals surface area contributed by atoms with Gasteiger partial charge in [-0.1, -0.05) is 19.1 Å². The van der Waals surface area contributed by atoms with Crippen LogP contribution in [0.2, 0.25) is 0 Å². The summed E-state index contributed by atoms with van der Waals surface area (Å²) in [4.78, 5) is 4.22. The van der Waals surface area contributed by atoms with E-state index >= 15 is 0 Å².